The van der Waals surface area contributed by atoms with E-state index in [0.29, 0.717) is 5.96 Å². The van der Waals surface area contributed by atoms with Gasteiger partial charge in [0.1, 0.15) is 5.75 Å². The summed E-state index contributed by atoms with van der Waals surface area (Å²) >= 11 is 0. The van der Waals surface area contributed by atoms with Crippen LogP contribution in [0.25, 0.3) is 0 Å². The second-order valence-corrected chi connectivity index (χ2v) is 8.92. The Morgan fingerprint density at radius 1 is 1.27 bits per heavy atom. The Hall–Kier alpha value is -1.75. The third-order valence-electron chi connectivity index (χ3n) is 6.97. The first-order valence-electron chi connectivity index (χ1n) is 10.1. The van der Waals surface area contributed by atoms with E-state index in [9.17, 15) is 0 Å². The summed E-state index contributed by atoms with van der Waals surface area (Å²) in [6, 6.07) is 6.51. The maximum absolute atomic E-state index is 6.42. The maximum atomic E-state index is 6.42. The van der Waals surface area contributed by atoms with Crippen molar-refractivity contribution in [3.05, 3.63) is 29.3 Å². The fraction of sp³-hybridized carbons (Fsp3) is 0.667. The van der Waals surface area contributed by atoms with Crippen LogP contribution in [0.3, 0.4) is 0 Å². The van der Waals surface area contributed by atoms with E-state index in [1.807, 2.05) is 7.05 Å². The first-order chi connectivity index (χ1) is 12.5. The molecule has 0 saturated heterocycles. The molecule has 5 rings (SSSR count). The second kappa shape index (κ2) is 5.62. The fourth-order valence-electron chi connectivity index (χ4n) is 5.04. The number of hydroxylamine groups is 2. The van der Waals surface area contributed by atoms with Crippen molar-refractivity contribution in [2.24, 2.45) is 28.0 Å². The minimum Gasteiger partial charge on any atom is -0.493 e. The summed E-state index contributed by atoms with van der Waals surface area (Å²) in [5.74, 6) is 2.92. The van der Waals surface area contributed by atoms with Crippen molar-refractivity contribution >= 4 is 5.96 Å². The molecule has 0 bridgehead atoms. The summed E-state index contributed by atoms with van der Waals surface area (Å²) in [5.41, 5.74) is 8.00. The molecule has 140 valence electrons. The quantitative estimate of drug-likeness (QED) is 0.900. The lowest BCUT2D eigenvalue weighted by Gasteiger charge is -2.44. The standard InChI is InChI=1S/C21H29N3O2/c1-14-7-9-20(10-8-14)12-16-5-6-17(25-13-15-3-4-15)11-18(16)21(20)23-19(22)24(2)26-21/h5-6,11,14-15H,3-4,7-10,12-13H2,1-2H3,(H2,22,23). The molecule has 5 heteroatoms. The van der Waals surface area contributed by atoms with Crippen molar-refractivity contribution in [3.8, 4) is 5.75 Å². The van der Waals surface area contributed by atoms with Crippen LogP contribution in [-0.2, 0) is 17.0 Å². The van der Waals surface area contributed by atoms with Crippen LogP contribution in [0.2, 0.25) is 0 Å². The van der Waals surface area contributed by atoms with Crippen molar-refractivity contribution in [1.29, 1.82) is 0 Å². The second-order valence-electron chi connectivity index (χ2n) is 8.92. The Morgan fingerprint density at radius 2 is 2.04 bits per heavy atom. The number of aliphatic imine (C=N–C) groups is 1. The Kier molecular flexibility index (Phi) is 3.55. The average molecular weight is 355 g/mol. The normalized spacial score (nSPS) is 35.8. The molecule has 1 aromatic rings. The molecule has 1 aromatic carbocycles. The van der Waals surface area contributed by atoms with Crippen LogP contribution in [0, 0.1) is 17.3 Å². The molecule has 2 saturated carbocycles. The van der Waals surface area contributed by atoms with Crippen molar-refractivity contribution < 1.29 is 9.57 Å². The molecule has 2 spiro atoms. The van der Waals surface area contributed by atoms with Crippen molar-refractivity contribution in [2.45, 2.75) is 57.6 Å². The van der Waals surface area contributed by atoms with E-state index in [-0.39, 0.29) is 5.41 Å². The van der Waals surface area contributed by atoms with Crippen LogP contribution in [0.15, 0.2) is 23.2 Å². The summed E-state index contributed by atoms with van der Waals surface area (Å²) in [6.45, 7) is 3.17. The highest BCUT2D eigenvalue weighted by molar-refractivity contribution is 5.79. The number of hydrogen-bond donors (Lipinski definition) is 1. The van der Waals surface area contributed by atoms with Crippen molar-refractivity contribution in [2.75, 3.05) is 13.7 Å². The van der Waals surface area contributed by atoms with Gasteiger partial charge >= 0.3 is 0 Å². The van der Waals surface area contributed by atoms with Crippen LogP contribution in [-0.4, -0.2) is 24.7 Å². The number of nitrogens with zero attached hydrogens (tertiary/aromatic N) is 2. The zero-order valence-electron chi connectivity index (χ0n) is 15.8. The Balaban J connectivity index is 1.55. The van der Waals surface area contributed by atoms with E-state index in [2.05, 4.69) is 25.1 Å². The van der Waals surface area contributed by atoms with Gasteiger partial charge in [-0.3, -0.25) is 0 Å². The number of guanidine groups is 1. The van der Waals surface area contributed by atoms with E-state index >= 15 is 0 Å². The molecule has 0 radical (unpaired) electrons. The molecular formula is C21H29N3O2. The van der Waals surface area contributed by atoms with Crippen LogP contribution in [0.1, 0.15) is 56.6 Å². The van der Waals surface area contributed by atoms with Gasteiger partial charge in [0.25, 0.3) is 0 Å². The molecule has 3 aliphatic carbocycles. The predicted octanol–water partition coefficient (Wildman–Crippen LogP) is 3.57. The Bertz CT molecular complexity index is 750. The van der Waals surface area contributed by atoms with Gasteiger partial charge < -0.3 is 10.5 Å². The highest BCUT2D eigenvalue weighted by Gasteiger charge is 2.63. The minimum atomic E-state index is -0.680. The molecule has 1 unspecified atom stereocenters. The predicted molar refractivity (Wildman–Crippen MR) is 101 cm³/mol. The third kappa shape index (κ3) is 2.36. The zero-order valence-corrected chi connectivity index (χ0v) is 15.8. The van der Waals surface area contributed by atoms with Gasteiger partial charge in [-0.15, -0.1) is 0 Å². The molecule has 1 atom stereocenters. The van der Waals surface area contributed by atoms with Gasteiger partial charge in [-0.1, -0.05) is 13.0 Å². The molecule has 2 N–H and O–H groups in total. The van der Waals surface area contributed by atoms with E-state index in [4.69, 9.17) is 20.3 Å². The maximum Gasteiger partial charge on any atom is 0.220 e. The van der Waals surface area contributed by atoms with Gasteiger partial charge in [0.05, 0.1) is 6.61 Å². The molecule has 5 nitrogen and oxygen atoms in total. The summed E-state index contributed by atoms with van der Waals surface area (Å²) in [4.78, 5) is 11.4. The third-order valence-corrected chi connectivity index (χ3v) is 6.97. The number of rotatable bonds is 3. The topological polar surface area (TPSA) is 60.1 Å². The summed E-state index contributed by atoms with van der Waals surface area (Å²) in [6.07, 6.45) is 8.32. The number of benzene rings is 1. The van der Waals surface area contributed by atoms with Gasteiger partial charge in [-0.05, 0) is 74.5 Å². The monoisotopic (exact) mass is 355 g/mol. The Labute approximate surface area is 155 Å². The van der Waals surface area contributed by atoms with E-state index in [0.717, 1.165) is 49.0 Å². The van der Waals surface area contributed by atoms with E-state index in [1.165, 1.54) is 31.2 Å². The van der Waals surface area contributed by atoms with Gasteiger partial charge in [0.15, 0.2) is 0 Å². The van der Waals surface area contributed by atoms with E-state index < -0.39 is 5.72 Å². The SMILES string of the molecule is CC1CCC2(CC1)Cc1ccc(OCC3CC3)cc1C21N=C(N)N(C)O1. The lowest BCUT2D eigenvalue weighted by molar-refractivity contribution is -0.230. The molecular weight excluding hydrogens is 326 g/mol. The molecule has 2 fully saturated rings. The van der Waals surface area contributed by atoms with Gasteiger partial charge in [-0.2, -0.15) is 0 Å². The van der Waals surface area contributed by atoms with Gasteiger partial charge in [-0.25, -0.2) is 14.9 Å². The first kappa shape index (κ1) is 16.4. The highest BCUT2D eigenvalue weighted by atomic mass is 16.7. The van der Waals surface area contributed by atoms with E-state index in [1.54, 1.807) is 5.06 Å². The summed E-state index contributed by atoms with van der Waals surface area (Å²) < 4.78 is 6.06. The van der Waals surface area contributed by atoms with Crippen LogP contribution in [0.4, 0.5) is 0 Å². The summed E-state index contributed by atoms with van der Waals surface area (Å²) in [5, 5.41) is 1.65. The minimum absolute atomic E-state index is 0.00629. The van der Waals surface area contributed by atoms with Crippen LogP contribution >= 0.6 is 0 Å². The fourth-order valence-corrected chi connectivity index (χ4v) is 5.04. The largest absolute Gasteiger partial charge is 0.493 e. The zero-order chi connectivity index (χ0) is 17.9. The molecule has 1 heterocycles. The van der Waals surface area contributed by atoms with Crippen LogP contribution in [0.5, 0.6) is 5.75 Å². The number of hydrogen-bond acceptors (Lipinski definition) is 5. The number of ether oxygens (including phenoxy) is 1. The molecule has 0 amide bonds. The van der Waals surface area contributed by atoms with Crippen molar-refractivity contribution in [3.63, 3.8) is 0 Å². The molecule has 26 heavy (non-hydrogen) atoms. The highest BCUT2D eigenvalue weighted by Crippen LogP contribution is 2.62. The summed E-state index contributed by atoms with van der Waals surface area (Å²) in [7, 11) is 1.86. The first-order valence-corrected chi connectivity index (χ1v) is 10.1. The number of fused-ring (bicyclic) bond motifs is 3. The van der Waals surface area contributed by atoms with Gasteiger partial charge in [0, 0.05) is 18.0 Å². The number of nitrogens with two attached hydrogens (primary N) is 1. The smallest absolute Gasteiger partial charge is 0.220 e. The average Bonchev–Trinajstić information content (AvgIpc) is 3.36. The molecule has 4 aliphatic rings. The molecule has 0 aromatic heterocycles. The molecule has 1 aliphatic heterocycles. The lowest BCUT2D eigenvalue weighted by atomic mass is 9.65. The van der Waals surface area contributed by atoms with Crippen molar-refractivity contribution in [1.82, 2.24) is 5.06 Å². The van der Waals surface area contributed by atoms with Crippen LogP contribution < -0.4 is 10.5 Å². The van der Waals surface area contributed by atoms with Gasteiger partial charge in [0.2, 0.25) is 11.7 Å². The Morgan fingerprint density at radius 3 is 2.69 bits per heavy atom. The lowest BCUT2D eigenvalue weighted by Crippen LogP contribution is -2.45.